The van der Waals surface area contributed by atoms with E-state index in [4.69, 9.17) is 10.7 Å². The van der Waals surface area contributed by atoms with Crippen LogP contribution >= 0.6 is 10.7 Å². The minimum absolute atomic E-state index is 0.0199. The number of anilines is 1. The Morgan fingerprint density at radius 2 is 1.84 bits per heavy atom. The molecule has 1 heterocycles. The number of hydrogen-bond acceptors (Lipinski definition) is 3. The van der Waals surface area contributed by atoms with E-state index in [2.05, 4.69) is 0 Å². The Bertz CT molecular complexity index is 650. The van der Waals surface area contributed by atoms with Gasteiger partial charge in [-0.15, -0.1) is 0 Å². The third kappa shape index (κ3) is 2.15. The van der Waals surface area contributed by atoms with Gasteiger partial charge in [0.05, 0.1) is 10.3 Å². The summed E-state index contributed by atoms with van der Waals surface area (Å²) in [6.07, 6.45) is 0. The molecule has 0 aliphatic carbocycles. The summed E-state index contributed by atoms with van der Waals surface area (Å²) in [5, 5.41) is 0. The Hall–Kier alpha value is -1.07. The highest BCUT2D eigenvalue weighted by Crippen LogP contribution is 2.43. The zero-order valence-corrected chi connectivity index (χ0v) is 12.8. The van der Waals surface area contributed by atoms with Crippen LogP contribution in [0.25, 0.3) is 0 Å². The molecule has 19 heavy (non-hydrogen) atoms. The zero-order chi connectivity index (χ0) is 14.6. The predicted octanol–water partition coefficient (Wildman–Crippen LogP) is 2.65. The van der Waals surface area contributed by atoms with Crippen molar-refractivity contribution in [1.82, 2.24) is 0 Å². The van der Waals surface area contributed by atoms with Crippen LogP contribution in [0.4, 0.5) is 5.69 Å². The van der Waals surface area contributed by atoms with E-state index in [9.17, 15) is 13.2 Å². The number of benzene rings is 1. The van der Waals surface area contributed by atoms with Gasteiger partial charge in [0.2, 0.25) is 5.91 Å². The highest BCUT2D eigenvalue weighted by atomic mass is 35.7. The van der Waals surface area contributed by atoms with Crippen LogP contribution in [0, 0.1) is 0 Å². The van der Waals surface area contributed by atoms with Gasteiger partial charge in [0, 0.05) is 22.4 Å². The van der Waals surface area contributed by atoms with Gasteiger partial charge in [0.1, 0.15) is 0 Å². The Morgan fingerprint density at radius 1 is 1.26 bits per heavy atom. The fraction of sp³-hybridized carbons (Fsp3) is 0.462. The van der Waals surface area contributed by atoms with Crippen LogP contribution in [0.15, 0.2) is 23.1 Å². The third-order valence-electron chi connectivity index (χ3n) is 3.45. The quantitative estimate of drug-likeness (QED) is 0.789. The normalized spacial score (nSPS) is 18.0. The van der Waals surface area contributed by atoms with Crippen molar-refractivity contribution in [2.45, 2.75) is 44.0 Å². The molecule has 0 fully saturated rings. The number of rotatable bonds is 2. The molecule has 104 valence electrons. The van der Waals surface area contributed by atoms with Gasteiger partial charge < -0.3 is 4.90 Å². The van der Waals surface area contributed by atoms with Gasteiger partial charge in [-0.05, 0) is 51.5 Å². The first-order chi connectivity index (χ1) is 8.56. The Labute approximate surface area is 117 Å². The second-order valence-corrected chi connectivity index (χ2v) is 8.08. The number of fused-ring (bicyclic) bond motifs is 1. The lowest BCUT2D eigenvalue weighted by molar-refractivity contribution is -0.122. The van der Waals surface area contributed by atoms with E-state index in [-0.39, 0.29) is 16.8 Å². The van der Waals surface area contributed by atoms with Gasteiger partial charge >= 0.3 is 0 Å². The Kier molecular flexibility index (Phi) is 3.18. The molecule has 0 saturated carbocycles. The summed E-state index contributed by atoms with van der Waals surface area (Å²) in [7, 11) is 1.57. The van der Waals surface area contributed by atoms with Crippen molar-refractivity contribution in [3.63, 3.8) is 0 Å². The highest BCUT2D eigenvalue weighted by Gasteiger charge is 2.45. The van der Waals surface area contributed by atoms with Crippen LogP contribution in [0.2, 0.25) is 0 Å². The summed E-state index contributed by atoms with van der Waals surface area (Å²) in [5.41, 5.74) is 0.721. The van der Waals surface area contributed by atoms with Gasteiger partial charge in [-0.2, -0.15) is 0 Å². The second kappa shape index (κ2) is 4.21. The van der Waals surface area contributed by atoms with Crippen molar-refractivity contribution >= 4 is 31.3 Å². The number of nitrogens with zero attached hydrogens (tertiary/aromatic N) is 1. The van der Waals surface area contributed by atoms with Crippen LogP contribution in [0.5, 0.6) is 0 Å². The molecule has 1 amide bonds. The van der Waals surface area contributed by atoms with Crippen LogP contribution in [0.3, 0.4) is 0 Å². The molecular formula is C13H16ClNO3S. The lowest BCUT2D eigenvalue weighted by atomic mass is 9.86. The molecule has 2 rings (SSSR count). The number of carbonyl (C=O) groups excluding carboxylic acids is 1. The molecule has 0 atom stereocenters. The fourth-order valence-corrected chi connectivity index (χ4v) is 3.19. The molecule has 1 aliphatic rings. The van der Waals surface area contributed by atoms with E-state index in [1.54, 1.807) is 24.8 Å². The monoisotopic (exact) mass is 301 g/mol. The summed E-state index contributed by atoms with van der Waals surface area (Å²) in [6.45, 7) is 7.44. The van der Waals surface area contributed by atoms with Crippen molar-refractivity contribution in [3.8, 4) is 0 Å². The van der Waals surface area contributed by atoms with E-state index in [0.717, 1.165) is 5.69 Å². The van der Waals surface area contributed by atoms with Gasteiger partial charge in [0.15, 0.2) is 0 Å². The summed E-state index contributed by atoms with van der Waals surface area (Å²) in [6, 6.07) is 4.60. The standard InChI is InChI=1S/C13H16ClNO3S/c1-8(2)15-11-6-5-9(19(14,17)18)7-10(11)13(3,4)12(15)16/h5-8H,1-4H3. The summed E-state index contributed by atoms with van der Waals surface area (Å²) in [4.78, 5) is 14.2. The van der Waals surface area contributed by atoms with Crippen molar-refractivity contribution in [3.05, 3.63) is 23.8 Å². The summed E-state index contributed by atoms with van der Waals surface area (Å²) < 4.78 is 22.8. The summed E-state index contributed by atoms with van der Waals surface area (Å²) in [5.74, 6) is -0.0263. The summed E-state index contributed by atoms with van der Waals surface area (Å²) >= 11 is 0. The minimum atomic E-state index is -3.79. The van der Waals surface area contributed by atoms with E-state index in [0.29, 0.717) is 5.56 Å². The number of carbonyl (C=O) groups is 1. The van der Waals surface area contributed by atoms with Crippen LogP contribution in [0.1, 0.15) is 33.3 Å². The van der Waals surface area contributed by atoms with Crippen molar-refractivity contribution in [2.24, 2.45) is 0 Å². The minimum Gasteiger partial charge on any atom is -0.309 e. The maximum atomic E-state index is 12.4. The van der Waals surface area contributed by atoms with Gasteiger partial charge in [-0.3, -0.25) is 4.79 Å². The van der Waals surface area contributed by atoms with E-state index < -0.39 is 14.5 Å². The topological polar surface area (TPSA) is 54.5 Å². The van der Waals surface area contributed by atoms with Crippen LogP contribution in [-0.4, -0.2) is 20.4 Å². The van der Waals surface area contributed by atoms with E-state index in [1.807, 2.05) is 13.8 Å². The van der Waals surface area contributed by atoms with Gasteiger partial charge in [0.25, 0.3) is 9.05 Å². The number of amides is 1. The first-order valence-electron chi connectivity index (χ1n) is 5.99. The zero-order valence-electron chi connectivity index (χ0n) is 11.3. The second-order valence-electron chi connectivity index (χ2n) is 5.51. The molecule has 4 nitrogen and oxygen atoms in total. The van der Waals surface area contributed by atoms with E-state index >= 15 is 0 Å². The Balaban J connectivity index is 2.70. The smallest absolute Gasteiger partial charge is 0.261 e. The van der Waals surface area contributed by atoms with E-state index in [1.165, 1.54) is 12.1 Å². The lowest BCUT2D eigenvalue weighted by Gasteiger charge is -2.24. The first kappa shape index (κ1) is 14.3. The number of hydrogen-bond donors (Lipinski definition) is 0. The Morgan fingerprint density at radius 3 is 2.32 bits per heavy atom. The van der Waals surface area contributed by atoms with Crippen molar-refractivity contribution < 1.29 is 13.2 Å². The molecule has 1 aromatic carbocycles. The maximum absolute atomic E-state index is 12.4. The lowest BCUT2D eigenvalue weighted by Crippen LogP contribution is -2.40. The van der Waals surface area contributed by atoms with Crippen LogP contribution in [-0.2, 0) is 19.3 Å². The first-order valence-corrected chi connectivity index (χ1v) is 8.30. The molecule has 0 aromatic heterocycles. The van der Waals surface area contributed by atoms with Crippen molar-refractivity contribution in [2.75, 3.05) is 4.90 Å². The average Bonchev–Trinajstić information content (AvgIpc) is 2.46. The predicted molar refractivity (Wildman–Crippen MR) is 75.1 cm³/mol. The van der Waals surface area contributed by atoms with Crippen molar-refractivity contribution in [1.29, 1.82) is 0 Å². The third-order valence-corrected chi connectivity index (χ3v) is 4.80. The molecule has 0 spiro atoms. The molecule has 0 N–H and O–H groups in total. The molecular weight excluding hydrogens is 286 g/mol. The fourth-order valence-electron chi connectivity index (χ4n) is 2.42. The largest absolute Gasteiger partial charge is 0.309 e. The highest BCUT2D eigenvalue weighted by molar-refractivity contribution is 8.13. The molecule has 0 bridgehead atoms. The number of halogens is 1. The SMILES string of the molecule is CC(C)N1C(=O)C(C)(C)c2cc(S(=O)(=O)Cl)ccc21. The maximum Gasteiger partial charge on any atom is 0.261 e. The molecule has 1 aliphatic heterocycles. The van der Waals surface area contributed by atoms with Gasteiger partial charge in [-0.25, -0.2) is 8.42 Å². The van der Waals surface area contributed by atoms with Crippen LogP contribution < -0.4 is 4.90 Å². The van der Waals surface area contributed by atoms with Gasteiger partial charge in [-0.1, -0.05) is 0 Å². The molecule has 1 aromatic rings. The molecule has 0 saturated heterocycles. The average molecular weight is 302 g/mol. The molecule has 6 heteroatoms. The molecule has 0 radical (unpaired) electrons. The molecule has 0 unspecified atom stereocenters.